The highest BCUT2D eigenvalue weighted by Crippen LogP contribution is 2.37. The van der Waals surface area contributed by atoms with Crippen LogP contribution in [0.1, 0.15) is 34.4 Å². The third-order valence-electron chi connectivity index (χ3n) is 5.19. The van der Waals surface area contributed by atoms with Gasteiger partial charge < -0.3 is 15.4 Å². The molecule has 3 heterocycles. The van der Waals surface area contributed by atoms with Crippen molar-refractivity contribution < 1.29 is 14.4 Å². The predicted molar refractivity (Wildman–Crippen MR) is 140 cm³/mol. The zero-order valence-corrected chi connectivity index (χ0v) is 21.3. The zero-order valence-electron chi connectivity index (χ0n) is 21.3. The maximum absolute atomic E-state index is 12.8. The van der Waals surface area contributed by atoms with E-state index in [0.717, 1.165) is 11.3 Å². The molecule has 0 fully saturated rings. The van der Waals surface area contributed by atoms with Crippen molar-refractivity contribution in [1.29, 1.82) is 0 Å². The van der Waals surface area contributed by atoms with Crippen LogP contribution in [0.3, 0.4) is 0 Å². The number of aromatic nitrogens is 5. The Morgan fingerprint density at radius 1 is 0.919 bits per heavy atom. The molecule has 0 atom stereocenters. The second-order valence-corrected chi connectivity index (χ2v) is 8.14. The molecule has 11 nitrogen and oxygen atoms in total. The molecule has 11 heteroatoms. The molecule has 37 heavy (non-hydrogen) atoms. The van der Waals surface area contributed by atoms with Crippen molar-refractivity contribution in [1.82, 2.24) is 30.4 Å². The van der Waals surface area contributed by atoms with Crippen molar-refractivity contribution in [3.8, 4) is 17.1 Å². The summed E-state index contributed by atoms with van der Waals surface area (Å²) < 4.78 is 5.73. The second-order valence-electron chi connectivity index (χ2n) is 8.14. The fraction of sp³-hybridized carbons (Fsp3) is 0.231. The van der Waals surface area contributed by atoms with Gasteiger partial charge in [-0.3, -0.25) is 9.63 Å². The number of benzene rings is 1. The topological polar surface area (TPSA) is 136 Å². The highest BCUT2D eigenvalue weighted by atomic mass is 16.6. The fourth-order valence-corrected chi connectivity index (χ4v) is 3.62. The molecular formula is C26H28N8O3. The monoisotopic (exact) mass is 500 g/mol. The third kappa shape index (κ3) is 6.14. The molecule has 1 amide bonds. The van der Waals surface area contributed by atoms with Gasteiger partial charge in [-0.1, -0.05) is 6.07 Å². The number of aryl methyl sites for hydroxylation is 3. The van der Waals surface area contributed by atoms with E-state index >= 15 is 0 Å². The Labute approximate surface area is 214 Å². The van der Waals surface area contributed by atoms with E-state index in [4.69, 9.17) is 9.57 Å². The first-order valence-corrected chi connectivity index (χ1v) is 11.6. The number of hydrogen-bond donors (Lipinski definition) is 3. The van der Waals surface area contributed by atoms with Gasteiger partial charge in [-0.25, -0.2) is 30.4 Å². The number of pyridine rings is 1. The van der Waals surface area contributed by atoms with Crippen LogP contribution >= 0.6 is 0 Å². The quantitative estimate of drug-likeness (QED) is 0.283. The van der Waals surface area contributed by atoms with Gasteiger partial charge in [-0.15, -0.1) is 0 Å². The third-order valence-corrected chi connectivity index (χ3v) is 5.19. The molecule has 0 saturated carbocycles. The molecule has 0 aliphatic rings. The zero-order chi connectivity index (χ0) is 26.4. The highest BCUT2D eigenvalue weighted by molar-refractivity contribution is 6.00. The number of hydroxylamine groups is 1. The van der Waals surface area contributed by atoms with E-state index in [1.807, 2.05) is 45.0 Å². The summed E-state index contributed by atoms with van der Waals surface area (Å²) in [5, 5.41) is 6.49. The van der Waals surface area contributed by atoms with Crippen LogP contribution in [0.25, 0.3) is 11.4 Å². The molecule has 4 rings (SSSR count). The van der Waals surface area contributed by atoms with Gasteiger partial charge in [-0.2, -0.15) is 0 Å². The van der Waals surface area contributed by atoms with E-state index < -0.39 is 5.91 Å². The lowest BCUT2D eigenvalue weighted by Gasteiger charge is -2.17. The van der Waals surface area contributed by atoms with Crippen molar-refractivity contribution in [2.75, 3.05) is 24.4 Å². The van der Waals surface area contributed by atoms with Crippen LogP contribution in [0.4, 0.5) is 23.0 Å². The average molecular weight is 501 g/mol. The summed E-state index contributed by atoms with van der Waals surface area (Å²) in [6.07, 6.45) is 4.95. The minimum atomic E-state index is -0.450. The first kappa shape index (κ1) is 25.5. The molecule has 0 aliphatic carbocycles. The number of anilines is 4. The number of rotatable bonds is 9. The van der Waals surface area contributed by atoms with Crippen molar-refractivity contribution >= 4 is 28.9 Å². The average Bonchev–Trinajstić information content (AvgIpc) is 2.87. The smallest absolute Gasteiger partial charge is 0.278 e. The Balaban J connectivity index is 1.74. The van der Waals surface area contributed by atoms with Crippen LogP contribution < -0.4 is 20.9 Å². The van der Waals surface area contributed by atoms with Crippen LogP contribution in [0.2, 0.25) is 0 Å². The minimum absolute atomic E-state index is 0.271. The Kier molecular flexibility index (Phi) is 7.84. The van der Waals surface area contributed by atoms with E-state index in [9.17, 15) is 4.79 Å². The number of methoxy groups -OCH3 is 1. The second kappa shape index (κ2) is 11.4. The molecule has 3 aromatic heterocycles. The van der Waals surface area contributed by atoms with Crippen molar-refractivity contribution in [2.24, 2.45) is 0 Å². The number of ether oxygens (including phenoxy) is 1. The standard InChI is InChI=1S/C26H28N8O3/c1-6-37-34-26(35)19-14-27-22(33-23-10-16(3)30-17(4)31-23)11-21(19)32-20-9-7-8-18(24(20)36-5)25-28-12-15(2)13-29-25/h7-14H,6H2,1-5H3,(H,34,35)(H2,27,30,31,32,33). The largest absolute Gasteiger partial charge is 0.494 e. The number of carbonyl (C=O) groups is 1. The Morgan fingerprint density at radius 2 is 1.70 bits per heavy atom. The summed E-state index contributed by atoms with van der Waals surface area (Å²) in [6.45, 7) is 7.72. The number of hydrogen-bond acceptors (Lipinski definition) is 10. The van der Waals surface area contributed by atoms with Gasteiger partial charge in [0.2, 0.25) is 0 Å². The maximum atomic E-state index is 12.8. The van der Waals surface area contributed by atoms with Crippen LogP contribution in [-0.4, -0.2) is 44.5 Å². The molecule has 0 unspecified atom stereocenters. The number of amides is 1. The fourth-order valence-electron chi connectivity index (χ4n) is 3.62. The maximum Gasteiger partial charge on any atom is 0.278 e. The summed E-state index contributed by atoms with van der Waals surface area (Å²) >= 11 is 0. The van der Waals surface area contributed by atoms with Gasteiger partial charge in [0.1, 0.15) is 17.5 Å². The van der Waals surface area contributed by atoms with E-state index in [1.54, 1.807) is 32.5 Å². The molecular weight excluding hydrogens is 472 g/mol. The minimum Gasteiger partial charge on any atom is -0.494 e. The van der Waals surface area contributed by atoms with E-state index in [0.29, 0.717) is 52.6 Å². The summed E-state index contributed by atoms with van der Waals surface area (Å²) in [5.41, 5.74) is 6.24. The molecule has 0 bridgehead atoms. The molecule has 0 aliphatic heterocycles. The number of carbonyl (C=O) groups excluding carboxylic acids is 1. The van der Waals surface area contributed by atoms with Gasteiger partial charge >= 0.3 is 0 Å². The summed E-state index contributed by atoms with van der Waals surface area (Å²) in [4.78, 5) is 39.9. The number of nitrogens with one attached hydrogen (secondary N) is 3. The van der Waals surface area contributed by atoms with Gasteiger partial charge in [0.25, 0.3) is 5.91 Å². The Bertz CT molecular complexity index is 1390. The number of nitrogens with zero attached hydrogens (tertiary/aromatic N) is 5. The van der Waals surface area contributed by atoms with Gasteiger partial charge in [0.15, 0.2) is 11.6 Å². The van der Waals surface area contributed by atoms with Crippen LogP contribution in [0, 0.1) is 20.8 Å². The summed E-state index contributed by atoms with van der Waals surface area (Å²) in [7, 11) is 1.57. The van der Waals surface area contributed by atoms with Gasteiger partial charge in [0, 0.05) is 36.4 Å². The summed E-state index contributed by atoms with van der Waals surface area (Å²) in [5.74, 6) is 2.29. The lowest BCUT2D eigenvalue weighted by molar-refractivity contribution is 0.0365. The SMILES string of the molecule is CCONC(=O)c1cnc(Nc2cc(C)nc(C)n2)cc1Nc1cccc(-c2ncc(C)cn2)c1OC. The van der Waals surface area contributed by atoms with Gasteiger partial charge in [0.05, 0.1) is 36.2 Å². The highest BCUT2D eigenvalue weighted by Gasteiger charge is 2.18. The van der Waals surface area contributed by atoms with Crippen LogP contribution in [-0.2, 0) is 4.84 Å². The molecule has 0 saturated heterocycles. The summed E-state index contributed by atoms with van der Waals surface area (Å²) in [6, 6.07) is 9.09. The first-order chi connectivity index (χ1) is 17.9. The van der Waals surface area contributed by atoms with E-state index in [2.05, 4.69) is 41.0 Å². The number of para-hydroxylation sites is 1. The molecule has 1 aromatic carbocycles. The van der Waals surface area contributed by atoms with Crippen molar-refractivity contribution in [2.45, 2.75) is 27.7 Å². The normalized spacial score (nSPS) is 10.6. The molecule has 0 radical (unpaired) electrons. The van der Waals surface area contributed by atoms with E-state index in [-0.39, 0.29) is 5.56 Å². The lowest BCUT2D eigenvalue weighted by Crippen LogP contribution is -2.24. The predicted octanol–water partition coefficient (Wildman–Crippen LogP) is 4.43. The van der Waals surface area contributed by atoms with Crippen LogP contribution in [0.15, 0.2) is 48.9 Å². The van der Waals surface area contributed by atoms with Gasteiger partial charge in [-0.05, 0) is 45.4 Å². The molecule has 0 spiro atoms. The Morgan fingerprint density at radius 3 is 2.41 bits per heavy atom. The first-order valence-electron chi connectivity index (χ1n) is 11.6. The molecule has 190 valence electrons. The Hall–Kier alpha value is -4.64. The van der Waals surface area contributed by atoms with Crippen LogP contribution in [0.5, 0.6) is 5.75 Å². The van der Waals surface area contributed by atoms with Crippen molar-refractivity contribution in [3.63, 3.8) is 0 Å². The molecule has 4 aromatic rings. The molecule has 3 N–H and O–H groups in total. The lowest BCUT2D eigenvalue weighted by atomic mass is 10.1. The van der Waals surface area contributed by atoms with E-state index in [1.165, 1.54) is 6.20 Å². The van der Waals surface area contributed by atoms with Crippen molar-refractivity contribution in [3.05, 3.63) is 71.6 Å².